The van der Waals surface area contributed by atoms with Gasteiger partial charge >= 0.3 is 6.18 Å². The molecule has 1 aliphatic heterocycles. The standard InChI is InChI=1S/C20H15F7N2O2/c21-11-1-2-12(13(22)5-11)18(9-31-18)20(26,27)17-6-16(7-17,8-17)14-3-4-15(29-28-14)30-10-19(23,24)25/h1-5H,6-10H2. The molecule has 4 fully saturated rings. The molecular formula is C20H15F7N2O2. The molecular weight excluding hydrogens is 433 g/mol. The van der Waals surface area contributed by atoms with Crippen molar-refractivity contribution in [2.24, 2.45) is 5.41 Å². The summed E-state index contributed by atoms with van der Waals surface area (Å²) < 4.78 is 105. The van der Waals surface area contributed by atoms with Crippen LogP contribution < -0.4 is 4.74 Å². The first-order valence-electron chi connectivity index (χ1n) is 9.43. The van der Waals surface area contributed by atoms with Crippen LogP contribution in [0.3, 0.4) is 0 Å². The molecule has 0 amide bonds. The second-order valence-corrected chi connectivity index (χ2v) is 8.57. The summed E-state index contributed by atoms with van der Waals surface area (Å²) in [6, 6.07) is 5.09. The SMILES string of the molecule is Fc1ccc(C2(C(F)(F)C34CC(c5ccc(OCC(F)(F)F)nn5)(C3)C4)CO2)c(F)c1. The minimum atomic E-state index is -4.52. The second kappa shape index (κ2) is 6.08. The van der Waals surface area contributed by atoms with Crippen molar-refractivity contribution in [2.45, 2.75) is 42.4 Å². The van der Waals surface area contributed by atoms with E-state index in [1.54, 1.807) is 0 Å². The molecule has 166 valence electrons. The predicted octanol–water partition coefficient (Wildman–Crippen LogP) is 4.68. The average Bonchev–Trinajstić information content (AvgIpc) is 3.40. The van der Waals surface area contributed by atoms with E-state index in [4.69, 9.17) is 4.74 Å². The van der Waals surface area contributed by atoms with Crippen LogP contribution in [-0.2, 0) is 15.8 Å². The van der Waals surface area contributed by atoms with E-state index >= 15 is 8.78 Å². The largest absolute Gasteiger partial charge is 0.467 e. The van der Waals surface area contributed by atoms with Crippen molar-refractivity contribution in [3.63, 3.8) is 0 Å². The smallest absolute Gasteiger partial charge is 0.422 e. The van der Waals surface area contributed by atoms with Crippen LogP contribution in [0.1, 0.15) is 30.5 Å². The normalized spacial score (nSPS) is 31.6. The molecule has 31 heavy (non-hydrogen) atoms. The Labute approximate surface area is 171 Å². The Balaban J connectivity index is 1.31. The minimum absolute atomic E-state index is 0.0539. The lowest BCUT2D eigenvalue weighted by Gasteiger charge is -2.72. The number of hydrogen-bond donors (Lipinski definition) is 0. The molecule has 0 radical (unpaired) electrons. The van der Waals surface area contributed by atoms with E-state index in [-0.39, 0.29) is 37.3 Å². The molecule has 0 N–H and O–H groups in total. The van der Waals surface area contributed by atoms with Gasteiger partial charge in [-0.25, -0.2) is 17.6 Å². The molecule has 1 saturated heterocycles. The van der Waals surface area contributed by atoms with Crippen LogP contribution in [0.2, 0.25) is 0 Å². The predicted molar refractivity (Wildman–Crippen MR) is 90.5 cm³/mol. The molecule has 2 heterocycles. The Morgan fingerprint density at radius 1 is 0.968 bits per heavy atom. The van der Waals surface area contributed by atoms with Crippen molar-refractivity contribution in [1.29, 1.82) is 0 Å². The first-order valence-corrected chi connectivity index (χ1v) is 9.43. The molecule has 4 aliphatic rings. The molecule has 3 aliphatic carbocycles. The van der Waals surface area contributed by atoms with E-state index in [1.807, 2.05) is 0 Å². The van der Waals surface area contributed by atoms with Crippen molar-refractivity contribution in [2.75, 3.05) is 13.2 Å². The highest BCUT2D eigenvalue weighted by Gasteiger charge is 2.85. The number of nitrogens with zero attached hydrogens (tertiary/aromatic N) is 2. The summed E-state index contributed by atoms with van der Waals surface area (Å²) >= 11 is 0. The summed E-state index contributed by atoms with van der Waals surface area (Å²) in [4.78, 5) is 0. The summed E-state index contributed by atoms with van der Waals surface area (Å²) in [5.41, 5.74) is -4.18. The number of aromatic nitrogens is 2. The maximum atomic E-state index is 15.5. The first kappa shape index (κ1) is 20.5. The van der Waals surface area contributed by atoms with Gasteiger partial charge in [0.1, 0.15) is 11.6 Å². The molecule has 11 heteroatoms. The van der Waals surface area contributed by atoms with Crippen LogP contribution in [0.5, 0.6) is 5.88 Å². The topological polar surface area (TPSA) is 47.5 Å². The van der Waals surface area contributed by atoms with Crippen LogP contribution in [0.25, 0.3) is 0 Å². The van der Waals surface area contributed by atoms with Crippen LogP contribution >= 0.6 is 0 Å². The Hall–Kier alpha value is -2.43. The van der Waals surface area contributed by atoms with Crippen molar-refractivity contribution < 1.29 is 40.2 Å². The Morgan fingerprint density at radius 2 is 1.65 bits per heavy atom. The number of ether oxygens (including phenoxy) is 2. The summed E-state index contributed by atoms with van der Waals surface area (Å²) in [6.07, 6.45) is -4.36. The second-order valence-electron chi connectivity index (χ2n) is 8.57. The van der Waals surface area contributed by atoms with Crippen molar-refractivity contribution in [3.8, 4) is 5.88 Å². The third kappa shape index (κ3) is 2.85. The lowest BCUT2D eigenvalue weighted by atomic mass is 9.31. The van der Waals surface area contributed by atoms with Crippen molar-refractivity contribution in [1.82, 2.24) is 10.2 Å². The summed E-state index contributed by atoms with van der Waals surface area (Å²) in [5, 5.41) is 7.46. The van der Waals surface area contributed by atoms with Gasteiger partial charge in [0.25, 0.3) is 5.92 Å². The van der Waals surface area contributed by atoms with Gasteiger partial charge in [0, 0.05) is 28.5 Å². The van der Waals surface area contributed by atoms with Crippen LogP contribution in [0, 0.1) is 17.0 Å². The molecule has 2 bridgehead atoms. The Kier molecular flexibility index (Phi) is 4.02. The minimum Gasteiger partial charge on any atom is -0.467 e. The van der Waals surface area contributed by atoms with Crippen LogP contribution in [0.4, 0.5) is 30.7 Å². The molecule has 0 spiro atoms. The molecule has 6 rings (SSSR count). The number of epoxide rings is 1. The van der Waals surface area contributed by atoms with Gasteiger partial charge in [-0.15, -0.1) is 5.10 Å². The number of hydrogen-bond acceptors (Lipinski definition) is 4. The molecule has 1 aromatic heterocycles. The van der Waals surface area contributed by atoms with Gasteiger partial charge in [-0.3, -0.25) is 0 Å². The van der Waals surface area contributed by atoms with E-state index in [0.717, 1.165) is 12.1 Å². The number of halogens is 7. The Morgan fingerprint density at radius 3 is 2.16 bits per heavy atom. The highest BCUT2D eigenvalue weighted by Crippen LogP contribution is 2.81. The molecule has 4 nitrogen and oxygen atoms in total. The number of rotatable bonds is 6. The van der Waals surface area contributed by atoms with E-state index in [0.29, 0.717) is 11.8 Å². The summed E-state index contributed by atoms with van der Waals surface area (Å²) in [6.45, 7) is -1.88. The molecule has 3 saturated carbocycles. The van der Waals surface area contributed by atoms with E-state index < -0.39 is 46.8 Å². The monoisotopic (exact) mass is 448 g/mol. The van der Waals surface area contributed by atoms with Gasteiger partial charge in [-0.2, -0.15) is 18.3 Å². The van der Waals surface area contributed by atoms with Crippen molar-refractivity contribution >= 4 is 0 Å². The number of benzene rings is 1. The zero-order valence-electron chi connectivity index (χ0n) is 15.8. The lowest BCUT2D eigenvalue weighted by molar-refractivity contribution is -0.307. The fourth-order valence-electron chi connectivity index (χ4n) is 5.05. The fraction of sp³-hybridized carbons (Fsp3) is 0.500. The summed E-state index contributed by atoms with van der Waals surface area (Å²) in [5.74, 6) is -5.67. The highest BCUT2D eigenvalue weighted by atomic mass is 19.4. The van der Waals surface area contributed by atoms with Crippen LogP contribution in [0.15, 0.2) is 30.3 Å². The average molecular weight is 448 g/mol. The van der Waals surface area contributed by atoms with Gasteiger partial charge in [-0.1, -0.05) is 0 Å². The molecule has 1 unspecified atom stereocenters. The van der Waals surface area contributed by atoms with Gasteiger partial charge < -0.3 is 9.47 Å². The van der Waals surface area contributed by atoms with Gasteiger partial charge in [0.05, 0.1) is 12.3 Å². The molecule has 2 aromatic rings. The third-order valence-electron chi connectivity index (χ3n) is 6.57. The zero-order valence-corrected chi connectivity index (χ0v) is 15.8. The zero-order chi connectivity index (χ0) is 22.3. The van der Waals surface area contributed by atoms with E-state index in [9.17, 15) is 22.0 Å². The maximum Gasteiger partial charge on any atom is 0.422 e. The van der Waals surface area contributed by atoms with Gasteiger partial charge in [0.15, 0.2) is 12.2 Å². The van der Waals surface area contributed by atoms with Crippen LogP contribution in [-0.4, -0.2) is 35.5 Å². The third-order valence-corrected chi connectivity index (χ3v) is 6.57. The van der Waals surface area contributed by atoms with Gasteiger partial charge in [-0.05, 0) is 37.5 Å². The van der Waals surface area contributed by atoms with E-state index in [1.165, 1.54) is 12.1 Å². The highest BCUT2D eigenvalue weighted by molar-refractivity contribution is 5.42. The quantitative estimate of drug-likeness (QED) is 0.476. The van der Waals surface area contributed by atoms with E-state index in [2.05, 4.69) is 14.9 Å². The first-order chi connectivity index (χ1) is 14.4. The van der Waals surface area contributed by atoms with Gasteiger partial charge in [0.2, 0.25) is 5.88 Å². The number of alkyl halides is 5. The lowest BCUT2D eigenvalue weighted by Crippen LogP contribution is -2.74. The van der Waals surface area contributed by atoms with Crippen molar-refractivity contribution in [3.05, 3.63) is 53.2 Å². The summed E-state index contributed by atoms with van der Waals surface area (Å²) in [7, 11) is 0. The maximum absolute atomic E-state index is 15.5. The fourth-order valence-corrected chi connectivity index (χ4v) is 5.05. The molecule has 1 atom stereocenters. The Bertz CT molecular complexity index is 1020. The molecule has 1 aromatic carbocycles.